The van der Waals surface area contributed by atoms with Crippen molar-refractivity contribution in [3.8, 4) is 5.75 Å². The van der Waals surface area contributed by atoms with Crippen LogP contribution in [0.4, 0.5) is 4.39 Å². The standard InChI is InChI=1S/C20H22FNO4/c1-11(23)13-6-9-16-15(10-13)17(18(24)20(2,3)26-16)22-19(25)12-4-7-14(21)8-5-12/h4-11,17-18,23-24H,1-3H3,(H,22,25)/t11?,17-,18+/m0/s1. The summed E-state index contributed by atoms with van der Waals surface area (Å²) in [5.74, 6) is -0.324. The molecule has 0 spiro atoms. The predicted molar refractivity (Wildman–Crippen MR) is 94.4 cm³/mol. The summed E-state index contributed by atoms with van der Waals surface area (Å²) in [6.45, 7) is 5.11. The maximum atomic E-state index is 13.1. The minimum absolute atomic E-state index is 0.288. The smallest absolute Gasteiger partial charge is 0.251 e. The first-order chi connectivity index (χ1) is 12.2. The van der Waals surface area contributed by atoms with Gasteiger partial charge in [0.15, 0.2) is 0 Å². The van der Waals surface area contributed by atoms with Crippen molar-refractivity contribution in [1.82, 2.24) is 5.32 Å². The van der Waals surface area contributed by atoms with Crippen molar-refractivity contribution in [2.24, 2.45) is 0 Å². The predicted octanol–water partition coefficient (Wildman–Crippen LogP) is 2.88. The lowest BCUT2D eigenvalue weighted by atomic mass is 9.85. The third-order valence-electron chi connectivity index (χ3n) is 4.65. The molecule has 138 valence electrons. The number of aliphatic hydroxyl groups excluding tert-OH is 2. The molecule has 5 nitrogen and oxygen atoms in total. The van der Waals surface area contributed by atoms with Crippen LogP contribution in [0.1, 0.15) is 54.4 Å². The Morgan fingerprint density at radius 1 is 1.23 bits per heavy atom. The summed E-state index contributed by atoms with van der Waals surface area (Å²) in [4.78, 5) is 12.6. The van der Waals surface area contributed by atoms with E-state index in [1.807, 2.05) is 0 Å². The van der Waals surface area contributed by atoms with Crippen molar-refractivity contribution < 1.29 is 24.1 Å². The minimum Gasteiger partial charge on any atom is -0.485 e. The molecule has 3 N–H and O–H groups in total. The Balaban J connectivity index is 1.97. The van der Waals surface area contributed by atoms with Gasteiger partial charge in [-0.3, -0.25) is 4.79 Å². The van der Waals surface area contributed by atoms with Gasteiger partial charge < -0.3 is 20.3 Å². The highest BCUT2D eigenvalue weighted by Gasteiger charge is 2.43. The molecule has 1 heterocycles. The summed E-state index contributed by atoms with van der Waals surface area (Å²) in [6.07, 6.45) is -1.70. The van der Waals surface area contributed by atoms with E-state index in [2.05, 4.69) is 5.32 Å². The maximum Gasteiger partial charge on any atom is 0.251 e. The first kappa shape index (κ1) is 18.4. The van der Waals surface area contributed by atoms with Gasteiger partial charge in [-0.15, -0.1) is 0 Å². The zero-order chi connectivity index (χ0) is 19.1. The van der Waals surface area contributed by atoms with Crippen LogP contribution in [0.3, 0.4) is 0 Å². The van der Waals surface area contributed by atoms with E-state index in [1.54, 1.807) is 39.0 Å². The zero-order valence-corrected chi connectivity index (χ0v) is 14.9. The molecule has 3 rings (SSSR count). The Bertz CT molecular complexity index is 817. The number of carbonyl (C=O) groups is 1. The van der Waals surface area contributed by atoms with Gasteiger partial charge in [0.1, 0.15) is 23.3 Å². The van der Waals surface area contributed by atoms with Crippen LogP contribution < -0.4 is 10.1 Å². The number of fused-ring (bicyclic) bond motifs is 1. The largest absolute Gasteiger partial charge is 0.485 e. The Labute approximate surface area is 151 Å². The molecule has 1 amide bonds. The molecule has 1 unspecified atom stereocenters. The number of rotatable bonds is 3. The summed E-state index contributed by atoms with van der Waals surface area (Å²) in [5.41, 5.74) is 0.613. The van der Waals surface area contributed by atoms with E-state index in [9.17, 15) is 19.4 Å². The van der Waals surface area contributed by atoms with Gasteiger partial charge in [0, 0.05) is 11.1 Å². The number of carbonyl (C=O) groups excluding carboxylic acids is 1. The fraction of sp³-hybridized carbons (Fsp3) is 0.350. The van der Waals surface area contributed by atoms with Gasteiger partial charge in [-0.05, 0) is 62.7 Å². The molecule has 2 aromatic rings. The number of hydrogen-bond acceptors (Lipinski definition) is 4. The molecule has 1 aliphatic rings. The highest BCUT2D eigenvalue weighted by Crippen LogP contribution is 2.41. The zero-order valence-electron chi connectivity index (χ0n) is 14.9. The molecular weight excluding hydrogens is 337 g/mol. The number of nitrogens with one attached hydrogen (secondary N) is 1. The van der Waals surface area contributed by atoms with Crippen molar-refractivity contribution in [3.05, 3.63) is 65.0 Å². The molecule has 6 heteroatoms. The normalized spacial score (nSPS) is 22.1. The summed E-state index contributed by atoms with van der Waals surface area (Å²) < 4.78 is 18.9. The quantitative estimate of drug-likeness (QED) is 0.787. The average molecular weight is 359 g/mol. The first-order valence-corrected chi connectivity index (χ1v) is 8.44. The van der Waals surface area contributed by atoms with Crippen LogP contribution in [0, 0.1) is 5.82 Å². The van der Waals surface area contributed by atoms with Crippen LogP contribution in [0.15, 0.2) is 42.5 Å². The molecule has 3 atom stereocenters. The highest BCUT2D eigenvalue weighted by atomic mass is 19.1. The monoisotopic (exact) mass is 359 g/mol. The lowest BCUT2D eigenvalue weighted by Gasteiger charge is -2.42. The molecule has 0 saturated carbocycles. The first-order valence-electron chi connectivity index (χ1n) is 8.44. The third kappa shape index (κ3) is 3.43. The molecule has 0 saturated heterocycles. The summed E-state index contributed by atoms with van der Waals surface area (Å²) in [7, 11) is 0. The summed E-state index contributed by atoms with van der Waals surface area (Å²) in [5, 5.41) is 23.4. The number of hydrogen-bond donors (Lipinski definition) is 3. The van der Waals surface area contributed by atoms with Gasteiger partial charge in [-0.25, -0.2) is 4.39 Å². The Morgan fingerprint density at radius 2 is 1.88 bits per heavy atom. The van der Waals surface area contributed by atoms with Crippen molar-refractivity contribution in [2.45, 2.75) is 44.6 Å². The minimum atomic E-state index is -1.01. The number of amides is 1. The average Bonchev–Trinajstić information content (AvgIpc) is 2.58. The van der Waals surface area contributed by atoms with Crippen molar-refractivity contribution in [3.63, 3.8) is 0 Å². The van der Waals surface area contributed by atoms with Gasteiger partial charge >= 0.3 is 0 Å². The van der Waals surface area contributed by atoms with E-state index in [0.29, 0.717) is 16.9 Å². The molecule has 0 bridgehead atoms. The van der Waals surface area contributed by atoms with Gasteiger partial charge in [0.25, 0.3) is 5.91 Å². The van der Waals surface area contributed by atoms with Crippen LogP contribution >= 0.6 is 0 Å². The topological polar surface area (TPSA) is 78.8 Å². The highest BCUT2D eigenvalue weighted by molar-refractivity contribution is 5.94. The van der Waals surface area contributed by atoms with Crippen LogP contribution in [0.5, 0.6) is 5.75 Å². The maximum absolute atomic E-state index is 13.1. The molecule has 26 heavy (non-hydrogen) atoms. The lowest BCUT2D eigenvalue weighted by Crippen LogP contribution is -2.53. The van der Waals surface area contributed by atoms with Gasteiger partial charge in [-0.2, -0.15) is 0 Å². The molecule has 0 aromatic heterocycles. The van der Waals surface area contributed by atoms with E-state index in [1.165, 1.54) is 24.3 Å². The lowest BCUT2D eigenvalue weighted by molar-refractivity contribution is -0.0628. The third-order valence-corrected chi connectivity index (χ3v) is 4.65. The number of benzene rings is 2. The van der Waals surface area contributed by atoms with Crippen LogP contribution in [-0.2, 0) is 0 Å². The molecule has 1 aliphatic heterocycles. The van der Waals surface area contributed by atoms with Crippen LogP contribution in [-0.4, -0.2) is 27.8 Å². The number of halogens is 1. The van der Waals surface area contributed by atoms with E-state index < -0.39 is 35.6 Å². The molecule has 0 aliphatic carbocycles. The molecule has 0 fully saturated rings. The van der Waals surface area contributed by atoms with E-state index in [-0.39, 0.29) is 5.56 Å². The second-order valence-corrected chi connectivity index (χ2v) is 7.08. The van der Waals surface area contributed by atoms with E-state index in [0.717, 1.165) is 0 Å². The number of ether oxygens (including phenoxy) is 1. The second-order valence-electron chi connectivity index (χ2n) is 7.08. The molecular formula is C20H22FNO4. The molecule has 0 radical (unpaired) electrons. The van der Waals surface area contributed by atoms with Gasteiger partial charge in [0.05, 0.1) is 12.1 Å². The Morgan fingerprint density at radius 3 is 2.50 bits per heavy atom. The van der Waals surface area contributed by atoms with Crippen molar-refractivity contribution in [1.29, 1.82) is 0 Å². The SMILES string of the molecule is CC(O)c1ccc2c(c1)[C@H](NC(=O)c1ccc(F)cc1)[C@@H](O)C(C)(C)O2. The van der Waals surface area contributed by atoms with Crippen LogP contribution in [0.2, 0.25) is 0 Å². The number of aliphatic hydroxyl groups is 2. The summed E-state index contributed by atoms with van der Waals surface area (Å²) in [6, 6.07) is 9.64. The molecule has 2 aromatic carbocycles. The van der Waals surface area contributed by atoms with Crippen molar-refractivity contribution >= 4 is 5.91 Å². The van der Waals surface area contributed by atoms with Gasteiger partial charge in [-0.1, -0.05) is 6.07 Å². The van der Waals surface area contributed by atoms with E-state index >= 15 is 0 Å². The van der Waals surface area contributed by atoms with Crippen LogP contribution in [0.25, 0.3) is 0 Å². The van der Waals surface area contributed by atoms with Gasteiger partial charge in [0.2, 0.25) is 0 Å². The Kier molecular flexibility index (Phi) is 4.73. The Hall–Kier alpha value is -2.44. The summed E-state index contributed by atoms with van der Waals surface area (Å²) >= 11 is 0. The fourth-order valence-corrected chi connectivity index (χ4v) is 3.06. The second kappa shape index (κ2) is 6.70. The van der Waals surface area contributed by atoms with E-state index in [4.69, 9.17) is 4.74 Å². The van der Waals surface area contributed by atoms with Crippen molar-refractivity contribution in [2.75, 3.05) is 0 Å². The fourth-order valence-electron chi connectivity index (χ4n) is 3.06.